The van der Waals surface area contributed by atoms with Gasteiger partial charge in [-0.1, -0.05) is 36.4 Å². The van der Waals surface area contributed by atoms with E-state index < -0.39 is 6.09 Å². The number of hydrogen-bond acceptors (Lipinski definition) is 3. The minimum atomic E-state index is -0.530. The Balaban J connectivity index is 1.65. The normalized spacial score (nSPS) is 10.0. The Bertz CT molecular complexity index is 817. The molecular weight excluding hydrogens is 302 g/mol. The van der Waals surface area contributed by atoms with Crippen molar-refractivity contribution in [1.29, 1.82) is 0 Å². The van der Waals surface area contributed by atoms with Crippen LogP contribution >= 0.6 is 0 Å². The van der Waals surface area contributed by atoms with Crippen LogP contribution < -0.4 is 14.8 Å². The molecule has 0 saturated heterocycles. The Kier molecular flexibility index (Phi) is 4.77. The zero-order valence-electron chi connectivity index (χ0n) is 13.2. The van der Waals surface area contributed by atoms with E-state index in [9.17, 15) is 4.79 Å². The van der Waals surface area contributed by atoms with Gasteiger partial charge < -0.3 is 9.47 Å². The molecule has 0 aliphatic rings. The molecule has 0 radical (unpaired) electrons. The summed E-state index contributed by atoms with van der Waals surface area (Å²) in [5, 5.41) is 2.71. The fourth-order valence-corrected chi connectivity index (χ4v) is 2.20. The Morgan fingerprint density at radius 1 is 0.833 bits per heavy atom. The molecule has 0 aliphatic heterocycles. The minimum absolute atomic E-state index is 0.496. The van der Waals surface area contributed by atoms with Crippen molar-refractivity contribution >= 4 is 11.8 Å². The van der Waals surface area contributed by atoms with Crippen LogP contribution in [0.3, 0.4) is 0 Å². The van der Waals surface area contributed by atoms with Crippen LogP contribution in [0, 0.1) is 6.92 Å². The van der Waals surface area contributed by atoms with Crippen molar-refractivity contribution < 1.29 is 14.3 Å². The van der Waals surface area contributed by atoms with Crippen molar-refractivity contribution in [1.82, 2.24) is 0 Å². The molecular formula is C20H17NO3. The second-order valence-electron chi connectivity index (χ2n) is 5.22. The molecule has 0 aromatic heterocycles. The van der Waals surface area contributed by atoms with Gasteiger partial charge in [-0.2, -0.15) is 0 Å². The van der Waals surface area contributed by atoms with Crippen LogP contribution in [-0.2, 0) is 0 Å². The molecule has 0 unspecified atom stereocenters. The molecule has 0 heterocycles. The highest BCUT2D eigenvalue weighted by Gasteiger charge is 2.07. The van der Waals surface area contributed by atoms with Gasteiger partial charge >= 0.3 is 6.09 Å². The number of carbonyl (C=O) groups is 1. The molecule has 0 aliphatic carbocycles. The van der Waals surface area contributed by atoms with E-state index >= 15 is 0 Å². The molecule has 0 spiro atoms. The van der Waals surface area contributed by atoms with Crippen LogP contribution in [0.5, 0.6) is 17.2 Å². The maximum Gasteiger partial charge on any atom is 0.417 e. The third-order valence-electron chi connectivity index (χ3n) is 3.35. The molecule has 1 N–H and O–H groups in total. The predicted molar refractivity (Wildman–Crippen MR) is 93.8 cm³/mol. The summed E-state index contributed by atoms with van der Waals surface area (Å²) >= 11 is 0. The standard InChI is InChI=1S/C20H17NO3/c1-15-14-16(21-20(22)24-18-10-6-3-7-11-18)12-13-19(15)23-17-8-4-2-5-9-17/h2-14H,1H3,(H,21,22). The molecule has 0 atom stereocenters. The van der Waals surface area contributed by atoms with Crippen LogP contribution in [0.2, 0.25) is 0 Å². The number of aryl methyl sites for hydroxylation is 1. The van der Waals surface area contributed by atoms with Gasteiger partial charge in [-0.3, -0.25) is 5.32 Å². The average molecular weight is 319 g/mol. The smallest absolute Gasteiger partial charge is 0.417 e. The van der Waals surface area contributed by atoms with Gasteiger partial charge in [-0.15, -0.1) is 0 Å². The Morgan fingerprint density at radius 3 is 2.08 bits per heavy atom. The number of benzene rings is 3. The van der Waals surface area contributed by atoms with Gasteiger partial charge in [0.2, 0.25) is 0 Å². The summed E-state index contributed by atoms with van der Waals surface area (Å²) in [5.41, 5.74) is 1.56. The van der Waals surface area contributed by atoms with Crippen LogP contribution in [0.4, 0.5) is 10.5 Å². The number of amides is 1. The number of carbonyl (C=O) groups excluding carboxylic acids is 1. The van der Waals surface area contributed by atoms with E-state index in [1.165, 1.54) is 0 Å². The maximum absolute atomic E-state index is 11.9. The summed E-state index contributed by atoms with van der Waals surface area (Å²) in [6.07, 6.45) is -0.530. The fourth-order valence-electron chi connectivity index (χ4n) is 2.20. The van der Waals surface area contributed by atoms with Crippen molar-refractivity contribution in [2.24, 2.45) is 0 Å². The molecule has 0 saturated carbocycles. The molecule has 1 amide bonds. The van der Waals surface area contributed by atoms with Crippen molar-refractivity contribution in [2.45, 2.75) is 6.92 Å². The largest absolute Gasteiger partial charge is 0.457 e. The second-order valence-corrected chi connectivity index (χ2v) is 5.22. The molecule has 4 nitrogen and oxygen atoms in total. The zero-order valence-corrected chi connectivity index (χ0v) is 13.2. The van der Waals surface area contributed by atoms with Crippen LogP contribution in [-0.4, -0.2) is 6.09 Å². The molecule has 3 aromatic carbocycles. The first-order valence-corrected chi connectivity index (χ1v) is 7.58. The summed E-state index contributed by atoms with van der Waals surface area (Å²) < 4.78 is 11.0. The number of ether oxygens (including phenoxy) is 2. The topological polar surface area (TPSA) is 47.6 Å². The number of para-hydroxylation sites is 2. The van der Waals surface area contributed by atoms with Crippen molar-refractivity contribution in [3.8, 4) is 17.2 Å². The Morgan fingerprint density at radius 2 is 1.46 bits per heavy atom. The molecule has 4 heteroatoms. The molecule has 120 valence electrons. The van der Waals surface area contributed by atoms with E-state index in [0.29, 0.717) is 11.4 Å². The first kappa shape index (κ1) is 15.6. The Hall–Kier alpha value is -3.27. The lowest BCUT2D eigenvalue weighted by Gasteiger charge is -2.11. The third-order valence-corrected chi connectivity index (χ3v) is 3.35. The van der Waals surface area contributed by atoms with E-state index in [1.807, 2.05) is 67.6 Å². The van der Waals surface area contributed by atoms with Crippen molar-refractivity contribution in [2.75, 3.05) is 5.32 Å². The van der Waals surface area contributed by atoms with Gasteiger partial charge in [-0.05, 0) is 55.0 Å². The highest BCUT2D eigenvalue weighted by Crippen LogP contribution is 2.27. The Labute approximate surface area is 140 Å². The number of rotatable bonds is 4. The lowest BCUT2D eigenvalue weighted by molar-refractivity contribution is 0.215. The quantitative estimate of drug-likeness (QED) is 0.700. The summed E-state index contributed by atoms with van der Waals surface area (Å²) in [7, 11) is 0. The first-order valence-electron chi connectivity index (χ1n) is 7.58. The number of nitrogens with one attached hydrogen (secondary N) is 1. The first-order chi connectivity index (χ1) is 11.7. The van der Waals surface area contributed by atoms with Gasteiger partial charge in [0.25, 0.3) is 0 Å². The molecule has 0 fully saturated rings. The van der Waals surface area contributed by atoms with Crippen molar-refractivity contribution in [3.63, 3.8) is 0 Å². The molecule has 3 rings (SSSR count). The van der Waals surface area contributed by atoms with E-state index in [0.717, 1.165) is 17.1 Å². The van der Waals surface area contributed by atoms with Crippen LogP contribution in [0.15, 0.2) is 78.9 Å². The van der Waals surface area contributed by atoms with E-state index in [1.54, 1.807) is 18.2 Å². The van der Waals surface area contributed by atoms with Gasteiger partial charge in [0.1, 0.15) is 17.2 Å². The third kappa shape index (κ3) is 4.14. The monoisotopic (exact) mass is 319 g/mol. The lowest BCUT2D eigenvalue weighted by Crippen LogP contribution is -2.16. The van der Waals surface area contributed by atoms with Crippen LogP contribution in [0.1, 0.15) is 5.56 Å². The summed E-state index contributed by atoms with van der Waals surface area (Å²) in [6.45, 7) is 1.92. The number of anilines is 1. The molecule has 3 aromatic rings. The summed E-state index contributed by atoms with van der Waals surface area (Å²) in [5.74, 6) is 2.00. The fraction of sp³-hybridized carbons (Fsp3) is 0.0500. The summed E-state index contributed by atoms with van der Waals surface area (Å²) in [6, 6.07) is 23.9. The molecule has 24 heavy (non-hydrogen) atoms. The van der Waals surface area contributed by atoms with Crippen LogP contribution in [0.25, 0.3) is 0 Å². The van der Waals surface area contributed by atoms with E-state index in [-0.39, 0.29) is 0 Å². The zero-order chi connectivity index (χ0) is 16.8. The number of hydrogen-bond donors (Lipinski definition) is 1. The molecule has 0 bridgehead atoms. The van der Waals surface area contributed by atoms with Gasteiger partial charge in [0.15, 0.2) is 0 Å². The highest BCUT2D eigenvalue weighted by atomic mass is 16.6. The van der Waals surface area contributed by atoms with Gasteiger partial charge in [-0.25, -0.2) is 4.79 Å². The van der Waals surface area contributed by atoms with Crippen molar-refractivity contribution in [3.05, 3.63) is 84.4 Å². The van der Waals surface area contributed by atoms with E-state index in [2.05, 4.69) is 5.32 Å². The SMILES string of the molecule is Cc1cc(NC(=O)Oc2ccccc2)ccc1Oc1ccccc1. The summed E-state index contributed by atoms with van der Waals surface area (Å²) in [4.78, 5) is 11.9. The second kappa shape index (κ2) is 7.33. The van der Waals surface area contributed by atoms with Gasteiger partial charge in [0.05, 0.1) is 0 Å². The highest BCUT2D eigenvalue weighted by molar-refractivity contribution is 5.86. The minimum Gasteiger partial charge on any atom is -0.457 e. The van der Waals surface area contributed by atoms with E-state index in [4.69, 9.17) is 9.47 Å². The predicted octanol–water partition coefficient (Wildman–Crippen LogP) is 5.40. The lowest BCUT2D eigenvalue weighted by atomic mass is 10.2. The maximum atomic E-state index is 11.9. The van der Waals surface area contributed by atoms with Gasteiger partial charge in [0, 0.05) is 5.69 Å². The average Bonchev–Trinajstić information content (AvgIpc) is 2.59.